The predicted octanol–water partition coefficient (Wildman–Crippen LogP) is 2.44. The van der Waals surface area contributed by atoms with Crippen molar-refractivity contribution in [3.63, 3.8) is 0 Å². The molecule has 1 N–H and O–H groups in total. The molecule has 0 radical (unpaired) electrons. The van der Waals surface area contributed by atoms with E-state index in [0.29, 0.717) is 0 Å². The number of rotatable bonds is 1. The maximum absolute atomic E-state index is 7.33. The number of hydrogen-bond acceptors (Lipinski definition) is 1. The summed E-state index contributed by atoms with van der Waals surface area (Å²) in [6.07, 6.45) is 2.47. The van der Waals surface area contributed by atoms with Gasteiger partial charge in [0, 0.05) is 0 Å². The van der Waals surface area contributed by atoms with Gasteiger partial charge in [-0.2, -0.15) is 0 Å². The molecule has 0 aliphatic heterocycles. The highest BCUT2D eigenvalue weighted by Crippen LogP contribution is 1.81. The molecule has 0 amide bonds. The molecule has 0 rings (SSSR count). The van der Waals surface area contributed by atoms with Gasteiger partial charge in [0.15, 0.2) is 0 Å². The summed E-state index contributed by atoms with van der Waals surface area (Å²) in [6.45, 7) is 11.8. The van der Waals surface area contributed by atoms with Gasteiger partial charge in [0.2, 0.25) is 0 Å². The third-order valence-corrected chi connectivity index (χ3v) is 0.348. The fourth-order valence-electron chi connectivity index (χ4n) is 0. The molecule has 0 atom stereocenters. The maximum Gasteiger partial charge on any atom is 0.0719 e. The van der Waals surface area contributed by atoms with Crippen LogP contribution in [0.15, 0.2) is 37.6 Å². The SMILES string of the molecule is C=CC(=C)C.C=CO. The predicted molar refractivity (Wildman–Crippen MR) is 37.8 cm³/mol. The molecule has 0 unspecified atom stereocenters. The van der Waals surface area contributed by atoms with Gasteiger partial charge >= 0.3 is 0 Å². The van der Waals surface area contributed by atoms with Gasteiger partial charge < -0.3 is 5.11 Å². The van der Waals surface area contributed by atoms with Gasteiger partial charge in [0.25, 0.3) is 0 Å². The van der Waals surface area contributed by atoms with Gasteiger partial charge in [-0.1, -0.05) is 31.4 Å². The Balaban J connectivity index is 0. The Bertz CT molecular complexity index is 82.4. The van der Waals surface area contributed by atoms with Crippen LogP contribution in [-0.4, -0.2) is 5.11 Å². The summed E-state index contributed by atoms with van der Waals surface area (Å²) in [7, 11) is 0. The highest BCUT2D eigenvalue weighted by Gasteiger charge is 1.59. The van der Waals surface area contributed by atoms with Crippen LogP contribution in [0.2, 0.25) is 0 Å². The Kier molecular flexibility index (Phi) is 11.8. The molecule has 0 spiro atoms. The first-order chi connectivity index (χ1) is 3.68. The molecule has 46 valence electrons. The lowest BCUT2D eigenvalue weighted by Gasteiger charge is -1.71. The average Bonchev–Trinajstić information content (AvgIpc) is 1.69. The maximum atomic E-state index is 7.33. The summed E-state index contributed by atoms with van der Waals surface area (Å²) >= 11 is 0. The lowest BCUT2D eigenvalue weighted by atomic mass is 10.4. The summed E-state index contributed by atoms with van der Waals surface area (Å²) in [5.74, 6) is 0. The lowest BCUT2D eigenvalue weighted by Crippen LogP contribution is -1.50. The third kappa shape index (κ3) is 78.0. The van der Waals surface area contributed by atoms with Crippen molar-refractivity contribution in [2.45, 2.75) is 6.92 Å². The molecule has 0 heterocycles. The fourth-order valence-corrected chi connectivity index (χ4v) is 0. The minimum atomic E-state index is 0.750. The molecular formula is C7H12O. The Morgan fingerprint density at radius 2 is 1.62 bits per heavy atom. The number of aliphatic hydroxyl groups is 1. The summed E-state index contributed by atoms with van der Waals surface area (Å²) in [5.41, 5.74) is 1.02. The zero-order valence-corrected chi connectivity index (χ0v) is 5.22. The minimum Gasteiger partial charge on any atom is -0.516 e. The average molecular weight is 112 g/mol. The summed E-state index contributed by atoms with van der Waals surface area (Å²) in [4.78, 5) is 0. The standard InChI is InChI=1S/C5H8.C2H4O/c1-4-5(2)3;1-2-3/h4H,1-2H2,3H3;2-3H,1H2. The van der Waals surface area contributed by atoms with Crippen molar-refractivity contribution in [2.24, 2.45) is 0 Å². The van der Waals surface area contributed by atoms with E-state index in [-0.39, 0.29) is 0 Å². The van der Waals surface area contributed by atoms with Crippen molar-refractivity contribution < 1.29 is 5.11 Å². The van der Waals surface area contributed by atoms with E-state index >= 15 is 0 Å². The van der Waals surface area contributed by atoms with Crippen LogP contribution in [0, 0.1) is 0 Å². The Morgan fingerprint density at radius 3 is 1.62 bits per heavy atom. The van der Waals surface area contributed by atoms with Gasteiger partial charge in [0.05, 0.1) is 6.26 Å². The Hall–Kier alpha value is -0.980. The molecule has 1 nitrogen and oxygen atoms in total. The monoisotopic (exact) mass is 112 g/mol. The second-order valence-corrected chi connectivity index (χ2v) is 1.23. The van der Waals surface area contributed by atoms with Crippen LogP contribution in [0.5, 0.6) is 0 Å². The Labute approximate surface area is 50.7 Å². The van der Waals surface area contributed by atoms with Crippen LogP contribution in [0.25, 0.3) is 0 Å². The van der Waals surface area contributed by atoms with Crippen LogP contribution in [-0.2, 0) is 0 Å². The van der Waals surface area contributed by atoms with Gasteiger partial charge in [-0.25, -0.2) is 0 Å². The third-order valence-electron chi connectivity index (χ3n) is 0.348. The molecule has 0 saturated heterocycles. The first-order valence-corrected chi connectivity index (χ1v) is 2.22. The van der Waals surface area contributed by atoms with E-state index in [2.05, 4.69) is 19.7 Å². The molecular weight excluding hydrogens is 100 g/mol. The van der Waals surface area contributed by atoms with Crippen molar-refractivity contribution >= 4 is 0 Å². The molecule has 0 aromatic rings. The van der Waals surface area contributed by atoms with E-state index in [9.17, 15) is 0 Å². The van der Waals surface area contributed by atoms with Crippen molar-refractivity contribution in [3.8, 4) is 0 Å². The molecule has 0 aromatic heterocycles. The number of hydrogen-bond donors (Lipinski definition) is 1. The van der Waals surface area contributed by atoms with Crippen LogP contribution in [0.3, 0.4) is 0 Å². The molecule has 0 saturated carbocycles. The topological polar surface area (TPSA) is 20.2 Å². The summed E-state index contributed by atoms with van der Waals surface area (Å²) < 4.78 is 0. The molecule has 0 bridgehead atoms. The van der Waals surface area contributed by atoms with Crippen LogP contribution >= 0.6 is 0 Å². The fraction of sp³-hybridized carbons (Fsp3) is 0.143. The number of aliphatic hydroxyl groups excluding tert-OH is 1. The molecule has 0 aromatic carbocycles. The zero-order valence-electron chi connectivity index (χ0n) is 5.22. The van der Waals surface area contributed by atoms with Crippen molar-refractivity contribution in [1.29, 1.82) is 0 Å². The highest BCUT2D eigenvalue weighted by molar-refractivity contribution is 5.05. The summed E-state index contributed by atoms with van der Waals surface area (Å²) in [6, 6.07) is 0. The summed E-state index contributed by atoms with van der Waals surface area (Å²) in [5, 5.41) is 7.33. The van der Waals surface area contributed by atoms with E-state index in [1.54, 1.807) is 6.08 Å². The lowest BCUT2D eigenvalue weighted by molar-refractivity contribution is 0.476. The van der Waals surface area contributed by atoms with Crippen LogP contribution in [0.1, 0.15) is 6.92 Å². The minimum absolute atomic E-state index is 0.750. The zero-order chi connectivity index (χ0) is 6.99. The van der Waals surface area contributed by atoms with Crippen molar-refractivity contribution in [2.75, 3.05) is 0 Å². The highest BCUT2D eigenvalue weighted by atomic mass is 16.2. The molecule has 0 fully saturated rings. The number of allylic oxidation sites excluding steroid dienone is 2. The quantitative estimate of drug-likeness (QED) is 0.408. The van der Waals surface area contributed by atoms with Gasteiger partial charge in [-0.3, -0.25) is 0 Å². The second kappa shape index (κ2) is 9.39. The van der Waals surface area contributed by atoms with Crippen molar-refractivity contribution in [1.82, 2.24) is 0 Å². The van der Waals surface area contributed by atoms with Gasteiger partial charge in [-0.05, 0) is 6.92 Å². The molecule has 0 aliphatic rings. The molecule has 1 heteroatoms. The van der Waals surface area contributed by atoms with E-state index in [4.69, 9.17) is 5.11 Å². The van der Waals surface area contributed by atoms with E-state index < -0.39 is 0 Å². The molecule has 8 heavy (non-hydrogen) atoms. The van der Waals surface area contributed by atoms with E-state index in [1.807, 2.05) is 6.92 Å². The first kappa shape index (κ1) is 10.1. The van der Waals surface area contributed by atoms with E-state index in [0.717, 1.165) is 11.8 Å². The van der Waals surface area contributed by atoms with Gasteiger partial charge in [-0.15, -0.1) is 0 Å². The van der Waals surface area contributed by atoms with Crippen LogP contribution < -0.4 is 0 Å². The van der Waals surface area contributed by atoms with Crippen LogP contribution in [0.4, 0.5) is 0 Å². The van der Waals surface area contributed by atoms with E-state index in [1.165, 1.54) is 0 Å². The first-order valence-electron chi connectivity index (χ1n) is 2.22. The molecule has 0 aliphatic carbocycles. The van der Waals surface area contributed by atoms with Gasteiger partial charge in [0.1, 0.15) is 0 Å². The van der Waals surface area contributed by atoms with Crippen molar-refractivity contribution in [3.05, 3.63) is 37.6 Å². The second-order valence-electron chi connectivity index (χ2n) is 1.23. The normalized spacial score (nSPS) is 5.62. The Morgan fingerprint density at radius 1 is 1.50 bits per heavy atom. The smallest absolute Gasteiger partial charge is 0.0719 e. The largest absolute Gasteiger partial charge is 0.516 e.